The van der Waals surface area contributed by atoms with Gasteiger partial charge in [-0.25, -0.2) is 0 Å². The maximum absolute atomic E-state index is 12.6. The van der Waals surface area contributed by atoms with Gasteiger partial charge in [0.25, 0.3) is 17.7 Å². The minimum atomic E-state index is -0.783. The summed E-state index contributed by atoms with van der Waals surface area (Å²) in [5.41, 5.74) is 6.95. The monoisotopic (exact) mass is 411 g/mol. The molecule has 0 bridgehead atoms. The van der Waals surface area contributed by atoms with Gasteiger partial charge < -0.3 is 10.1 Å². The summed E-state index contributed by atoms with van der Waals surface area (Å²) in [5, 5.41) is 2.76. The number of aryl methyl sites for hydroxylation is 2. The molecule has 3 amide bonds. The minimum absolute atomic E-state index is 0.165. The number of hydrogen-bond acceptors (Lipinski definition) is 4. The summed E-state index contributed by atoms with van der Waals surface area (Å²) in [6.07, 6.45) is 0.430. The van der Waals surface area contributed by atoms with Crippen molar-refractivity contribution in [2.45, 2.75) is 40.2 Å². The number of benzene rings is 2. The molecule has 3 N–H and O–H groups in total. The molecular weight excluding hydrogens is 382 g/mol. The van der Waals surface area contributed by atoms with Crippen molar-refractivity contribution in [3.05, 3.63) is 65.2 Å². The van der Waals surface area contributed by atoms with Gasteiger partial charge in [-0.05, 0) is 49.4 Å². The molecule has 0 saturated carbocycles. The van der Waals surface area contributed by atoms with Gasteiger partial charge in [0.05, 0.1) is 0 Å². The highest BCUT2D eigenvalue weighted by atomic mass is 16.5. The standard InChI is InChI=1S/C23H29N3O4/c1-15(2)13-19(24-22(28)18-11-7-5-9-16(18)3)23(29)26-25-21(27)14-30-20-12-8-6-10-17(20)4/h5-12,15,19H,13-14H2,1-4H3,(H,24,28)(H,25,27)(H,26,29)/t19-/m0/s1. The first-order chi connectivity index (χ1) is 14.3. The Morgan fingerprint density at radius 2 is 1.53 bits per heavy atom. The highest BCUT2D eigenvalue weighted by Gasteiger charge is 2.23. The normalized spacial score (nSPS) is 11.5. The molecule has 2 rings (SSSR count). The van der Waals surface area contributed by atoms with E-state index in [1.54, 1.807) is 18.2 Å². The van der Waals surface area contributed by atoms with Gasteiger partial charge >= 0.3 is 0 Å². The molecule has 0 aromatic heterocycles. The largest absolute Gasteiger partial charge is 0.483 e. The Labute approximate surface area is 177 Å². The Kier molecular flexibility index (Phi) is 8.41. The van der Waals surface area contributed by atoms with Crippen molar-refractivity contribution in [1.82, 2.24) is 16.2 Å². The highest BCUT2D eigenvalue weighted by molar-refractivity contribution is 5.98. The van der Waals surface area contributed by atoms with Crippen LogP contribution in [0.1, 0.15) is 41.8 Å². The van der Waals surface area contributed by atoms with Crippen LogP contribution >= 0.6 is 0 Å². The predicted molar refractivity (Wildman–Crippen MR) is 115 cm³/mol. The van der Waals surface area contributed by atoms with Gasteiger partial charge in [-0.3, -0.25) is 25.2 Å². The molecule has 0 aliphatic rings. The van der Waals surface area contributed by atoms with Crippen molar-refractivity contribution in [2.75, 3.05) is 6.61 Å². The van der Waals surface area contributed by atoms with Crippen LogP contribution in [0.4, 0.5) is 0 Å². The second-order valence-electron chi connectivity index (χ2n) is 7.56. The Morgan fingerprint density at radius 1 is 0.900 bits per heavy atom. The number of rotatable bonds is 8. The van der Waals surface area contributed by atoms with E-state index in [2.05, 4.69) is 16.2 Å². The first-order valence-corrected chi connectivity index (χ1v) is 9.91. The van der Waals surface area contributed by atoms with Crippen LogP contribution in [-0.2, 0) is 9.59 Å². The van der Waals surface area contributed by atoms with Crippen LogP contribution in [0.5, 0.6) is 5.75 Å². The molecule has 2 aromatic carbocycles. The fraction of sp³-hybridized carbons (Fsp3) is 0.348. The second-order valence-corrected chi connectivity index (χ2v) is 7.56. The van der Waals surface area contributed by atoms with Crippen LogP contribution in [-0.4, -0.2) is 30.4 Å². The molecular formula is C23H29N3O4. The van der Waals surface area contributed by atoms with Crippen molar-refractivity contribution in [2.24, 2.45) is 5.92 Å². The molecule has 0 heterocycles. The first-order valence-electron chi connectivity index (χ1n) is 9.91. The van der Waals surface area contributed by atoms with Gasteiger partial charge in [-0.2, -0.15) is 0 Å². The molecule has 30 heavy (non-hydrogen) atoms. The lowest BCUT2D eigenvalue weighted by atomic mass is 10.0. The van der Waals surface area contributed by atoms with E-state index in [1.807, 2.05) is 58.0 Å². The van der Waals surface area contributed by atoms with Crippen molar-refractivity contribution in [3.63, 3.8) is 0 Å². The Balaban J connectivity index is 1.91. The topological polar surface area (TPSA) is 96.5 Å². The average Bonchev–Trinajstić information content (AvgIpc) is 2.70. The lowest BCUT2D eigenvalue weighted by molar-refractivity contribution is -0.131. The van der Waals surface area contributed by atoms with Crippen molar-refractivity contribution < 1.29 is 19.1 Å². The van der Waals surface area contributed by atoms with Crippen LogP contribution in [0.3, 0.4) is 0 Å². The fourth-order valence-electron chi connectivity index (χ4n) is 2.88. The third-order valence-corrected chi connectivity index (χ3v) is 4.50. The number of para-hydroxylation sites is 1. The average molecular weight is 412 g/mol. The van der Waals surface area contributed by atoms with E-state index in [0.29, 0.717) is 17.7 Å². The van der Waals surface area contributed by atoms with E-state index in [9.17, 15) is 14.4 Å². The summed E-state index contributed by atoms with van der Waals surface area (Å²) < 4.78 is 5.46. The molecule has 2 aromatic rings. The summed E-state index contributed by atoms with van der Waals surface area (Å²) >= 11 is 0. The van der Waals surface area contributed by atoms with Gasteiger partial charge in [0.15, 0.2) is 6.61 Å². The number of ether oxygens (including phenoxy) is 1. The number of hydrogen-bond donors (Lipinski definition) is 3. The molecule has 0 aliphatic heterocycles. The maximum Gasteiger partial charge on any atom is 0.276 e. The number of hydrazine groups is 1. The fourth-order valence-corrected chi connectivity index (χ4v) is 2.88. The molecule has 0 radical (unpaired) electrons. The lowest BCUT2D eigenvalue weighted by Crippen LogP contribution is -2.53. The molecule has 0 spiro atoms. The van der Waals surface area contributed by atoms with Crippen LogP contribution in [0.25, 0.3) is 0 Å². The second kappa shape index (κ2) is 11.0. The SMILES string of the molecule is Cc1ccccc1OCC(=O)NNC(=O)[C@H](CC(C)C)NC(=O)c1ccccc1C. The van der Waals surface area contributed by atoms with Crippen LogP contribution in [0.15, 0.2) is 48.5 Å². The predicted octanol–water partition coefficient (Wildman–Crippen LogP) is 2.67. The van der Waals surface area contributed by atoms with E-state index >= 15 is 0 Å². The minimum Gasteiger partial charge on any atom is -0.483 e. The Bertz CT molecular complexity index is 896. The molecule has 160 valence electrons. The molecule has 1 atom stereocenters. The summed E-state index contributed by atoms with van der Waals surface area (Å²) in [4.78, 5) is 37.2. The van der Waals surface area contributed by atoms with Crippen LogP contribution in [0.2, 0.25) is 0 Å². The van der Waals surface area contributed by atoms with Crippen LogP contribution in [0, 0.1) is 19.8 Å². The Hall–Kier alpha value is -3.35. The van der Waals surface area contributed by atoms with E-state index < -0.39 is 17.9 Å². The van der Waals surface area contributed by atoms with Gasteiger partial charge in [0.2, 0.25) is 0 Å². The molecule has 7 heteroatoms. The molecule has 0 saturated heterocycles. The molecule has 0 unspecified atom stereocenters. The van der Waals surface area contributed by atoms with Crippen molar-refractivity contribution in [1.29, 1.82) is 0 Å². The third-order valence-electron chi connectivity index (χ3n) is 4.50. The summed E-state index contributed by atoms with van der Waals surface area (Å²) in [5.74, 6) is -0.557. The summed E-state index contributed by atoms with van der Waals surface area (Å²) in [7, 11) is 0. The molecule has 0 fully saturated rings. The van der Waals surface area contributed by atoms with Crippen molar-refractivity contribution in [3.8, 4) is 5.75 Å². The third kappa shape index (κ3) is 6.92. The zero-order chi connectivity index (χ0) is 22.1. The zero-order valence-corrected chi connectivity index (χ0v) is 17.8. The van der Waals surface area contributed by atoms with Gasteiger partial charge in [0, 0.05) is 5.56 Å². The first kappa shape index (κ1) is 22.9. The Morgan fingerprint density at radius 3 is 2.17 bits per heavy atom. The summed E-state index contributed by atoms with van der Waals surface area (Å²) in [6, 6.07) is 13.7. The lowest BCUT2D eigenvalue weighted by Gasteiger charge is -2.21. The smallest absolute Gasteiger partial charge is 0.276 e. The zero-order valence-electron chi connectivity index (χ0n) is 17.8. The maximum atomic E-state index is 12.6. The van der Waals surface area contributed by atoms with Gasteiger partial charge in [-0.1, -0.05) is 50.2 Å². The highest BCUT2D eigenvalue weighted by Crippen LogP contribution is 2.15. The molecule has 7 nitrogen and oxygen atoms in total. The van der Waals surface area contributed by atoms with E-state index in [1.165, 1.54) is 0 Å². The van der Waals surface area contributed by atoms with E-state index in [4.69, 9.17) is 4.74 Å². The molecule has 0 aliphatic carbocycles. The van der Waals surface area contributed by atoms with E-state index in [0.717, 1.165) is 11.1 Å². The number of carbonyl (C=O) groups is 3. The van der Waals surface area contributed by atoms with Crippen molar-refractivity contribution >= 4 is 17.7 Å². The van der Waals surface area contributed by atoms with Gasteiger partial charge in [0.1, 0.15) is 11.8 Å². The summed E-state index contributed by atoms with van der Waals surface area (Å²) in [6.45, 7) is 7.38. The number of amides is 3. The number of nitrogens with one attached hydrogen (secondary N) is 3. The van der Waals surface area contributed by atoms with Crippen LogP contribution < -0.4 is 20.9 Å². The number of carbonyl (C=O) groups excluding carboxylic acids is 3. The van der Waals surface area contributed by atoms with E-state index in [-0.39, 0.29) is 18.4 Å². The van der Waals surface area contributed by atoms with Gasteiger partial charge in [-0.15, -0.1) is 0 Å². The quantitative estimate of drug-likeness (QED) is 0.582.